The average molecular weight is 278 g/mol. The number of benzene rings is 1. The third kappa shape index (κ3) is 2.93. The largest absolute Gasteiger partial charge is 0.482 e. The number of hydrogen-bond donors (Lipinski definition) is 0. The van der Waals surface area contributed by atoms with E-state index < -0.39 is 4.92 Å². The molecule has 0 saturated carbocycles. The first-order valence-electron chi connectivity index (χ1n) is 6.20. The molecule has 7 nitrogen and oxygen atoms in total. The molecule has 0 aliphatic carbocycles. The summed E-state index contributed by atoms with van der Waals surface area (Å²) in [6.45, 7) is 1.74. The summed E-state index contributed by atoms with van der Waals surface area (Å²) in [5.41, 5.74) is 0.289. The molecule has 106 valence electrons. The van der Waals surface area contributed by atoms with Crippen molar-refractivity contribution in [3.05, 3.63) is 28.3 Å². The van der Waals surface area contributed by atoms with Crippen molar-refractivity contribution in [3.8, 4) is 5.75 Å². The molecule has 1 aromatic carbocycles. The van der Waals surface area contributed by atoms with Crippen molar-refractivity contribution in [2.24, 2.45) is 0 Å². The highest BCUT2D eigenvalue weighted by Crippen LogP contribution is 2.35. The SMILES string of the molecule is CC(=O)CCCN1C(=O)COc2ccc([N+](=O)[O-])cc21. The van der Waals surface area contributed by atoms with Crippen LogP contribution in [0, 0.1) is 10.1 Å². The maximum atomic E-state index is 11.9. The lowest BCUT2D eigenvalue weighted by molar-refractivity contribution is -0.384. The summed E-state index contributed by atoms with van der Waals surface area (Å²) in [7, 11) is 0. The van der Waals surface area contributed by atoms with Crippen LogP contribution in [-0.2, 0) is 9.59 Å². The lowest BCUT2D eigenvalue weighted by atomic mass is 10.1. The van der Waals surface area contributed by atoms with Crippen molar-refractivity contribution in [1.82, 2.24) is 0 Å². The number of nitro benzene ring substituents is 1. The number of carbonyl (C=O) groups excluding carboxylic acids is 2. The summed E-state index contributed by atoms with van der Waals surface area (Å²) in [6.07, 6.45) is 0.887. The molecule has 0 radical (unpaired) electrons. The number of nitro groups is 1. The molecule has 1 amide bonds. The zero-order valence-electron chi connectivity index (χ0n) is 11.0. The number of non-ortho nitro benzene ring substituents is 1. The van der Waals surface area contributed by atoms with Gasteiger partial charge in [0.25, 0.3) is 11.6 Å². The monoisotopic (exact) mass is 278 g/mol. The van der Waals surface area contributed by atoms with E-state index in [-0.39, 0.29) is 24.0 Å². The van der Waals surface area contributed by atoms with Crippen molar-refractivity contribution in [1.29, 1.82) is 0 Å². The minimum Gasteiger partial charge on any atom is -0.482 e. The van der Waals surface area contributed by atoms with E-state index in [2.05, 4.69) is 0 Å². The fourth-order valence-corrected chi connectivity index (χ4v) is 2.04. The minimum atomic E-state index is -0.521. The lowest BCUT2D eigenvalue weighted by Gasteiger charge is -2.29. The Bertz CT molecular complexity index is 570. The van der Waals surface area contributed by atoms with Crippen LogP contribution in [0.2, 0.25) is 0 Å². The Labute approximate surface area is 115 Å². The third-order valence-electron chi connectivity index (χ3n) is 3.01. The lowest BCUT2D eigenvalue weighted by Crippen LogP contribution is -2.39. The fraction of sp³-hybridized carbons (Fsp3) is 0.385. The van der Waals surface area contributed by atoms with Crippen LogP contribution < -0.4 is 9.64 Å². The van der Waals surface area contributed by atoms with Crippen molar-refractivity contribution in [3.63, 3.8) is 0 Å². The van der Waals surface area contributed by atoms with Gasteiger partial charge in [-0.1, -0.05) is 0 Å². The molecule has 1 aromatic rings. The number of nitrogens with zero attached hydrogens (tertiary/aromatic N) is 2. The first kappa shape index (κ1) is 14.0. The molecular formula is C13H14N2O5. The van der Waals surface area contributed by atoms with Crippen LogP contribution in [-0.4, -0.2) is 29.8 Å². The third-order valence-corrected chi connectivity index (χ3v) is 3.01. The molecule has 0 aromatic heterocycles. The van der Waals surface area contributed by atoms with E-state index in [1.54, 1.807) is 0 Å². The van der Waals surface area contributed by atoms with Crippen LogP contribution in [0.3, 0.4) is 0 Å². The molecule has 7 heteroatoms. The number of amides is 1. The van der Waals surface area contributed by atoms with Crippen molar-refractivity contribution < 1.29 is 19.2 Å². The number of fused-ring (bicyclic) bond motifs is 1. The molecular weight excluding hydrogens is 264 g/mol. The number of carbonyl (C=O) groups is 2. The Hall–Kier alpha value is -2.44. The standard InChI is InChI=1S/C13H14N2O5/c1-9(16)3-2-6-14-11-7-10(15(18)19)4-5-12(11)20-8-13(14)17/h4-5,7H,2-3,6,8H2,1H3. The van der Waals surface area contributed by atoms with Crippen LogP contribution in [0.4, 0.5) is 11.4 Å². The Morgan fingerprint density at radius 2 is 2.25 bits per heavy atom. The van der Waals surface area contributed by atoms with Crippen molar-refractivity contribution in [2.75, 3.05) is 18.1 Å². The first-order valence-corrected chi connectivity index (χ1v) is 6.20. The number of anilines is 1. The summed E-state index contributed by atoms with van der Waals surface area (Å²) in [5.74, 6) is 0.226. The van der Waals surface area contributed by atoms with Gasteiger partial charge in [0, 0.05) is 25.1 Å². The molecule has 0 bridgehead atoms. The quantitative estimate of drug-likeness (QED) is 0.604. The van der Waals surface area contributed by atoms with Crippen LogP contribution in [0.1, 0.15) is 19.8 Å². The Morgan fingerprint density at radius 1 is 1.50 bits per heavy atom. The topological polar surface area (TPSA) is 89.8 Å². The number of Topliss-reactive ketones (excluding diaryl/α,β-unsaturated/α-hetero) is 1. The van der Waals surface area contributed by atoms with Crippen LogP contribution >= 0.6 is 0 Å². The van der Waals surface area contributed by atoms with Gasteiger partial charge in [-0.15, -0.1) is 0 Å². The van der Waals surface area contributed by atoms with Crippen LogP contribution in [0.5, 0.6) is 5.75 Å². The summed E-state index contributed by atoms with van der Waals surface area (Å²) >= 11 is 0. The van der Waals surface area contributed by atoms with Crippen molar-refractivity contribution in [2.45, 2.75) is 19.8 Å². The van der Waals surface area contributed by atoms with Crippen molar-refractivity contribution >= 4 is 23.1 Å². The molecule has 0 unspecified atom stereocenters. The second-order valence-corrected chi connectivity index (χ2v) is 4.55. The molecule has 0 saturated heterocycles. The number of rotatable bonds is 5. The van der Waals surface area contributed by atoms with Gasteiger partial charge in [0.05, 0.1) is 10.6 Å². The van der Waals surface area contributed by atoms with Gasteiger partial charge < -0.3 is 14.4 Å². The van der Waals surface area contributed by atoms with Gasteiger partial charge >= 0.3 is 0 Å². The molecule has 0 atom stereocenters. The molecule has 20 heavy (non-hydrogen) atoms. The van der Waals surface area contributed by atoms with E-state index in [9.17, 15) is 19.7 Å². The smallest absolute Gasteiger partial charge is 0.271 e. The Balaban J connectivity index is 2.24. The highest BCUT2D eigenvalue weighted by atomic mass is 16.6. The zero-order chi connectivity index (χ0) is 14.7. The summed E-state index contributed by atoms with van der Waals surface area (Å²) < 4.78 is 5.25. The predicted molar refractivity (Wildman–Crippen MR) is 70.9 cm³/mol. The van der Waals surface area contributed by atoms with Gasteiger partial charge in [-0.2, -0.15) is 0 Å². The minimum absolute atomic E-state index is 0.0463. The predicted octanol–water partition coefficient (Wildman–Crippen LogP) is 1.69. The zero-order valence-corrected chi connectivity index (χ0v) is 11.0. The second-order valence-electron chi connectivity index (χ2n) is 4.55. The van der Waals surface area contributed by atoms with Gasteiger partial charge in [-0.25, -0.2) is 0 Å². The molecule has 1 aliphatic heterocycles. The highest BCUT2D eigenvalue weighted by Gasteiger charge is 2.27. The van der Waals surface area contributed by atoms with E-state index >= 15 is 0 Å². The van der Waals surface area contributed by atoms with E-state index in [0.29, 0.717) is 30.8 Å². The number of ether oxygens (including phenoxy) is 1. The van der Waals surface area contributed by atoms with E-state index in [1.165, 1.54) is 30.0 Å². The van der Waals surface area contributed by atoms with Crippen LogP contribution in [0.15, 0.2) is 18.2 Å². The molecule has 1 heterocycles. The fourth-order valence-electron chi connectivity index (χ4n) is 2.04. The Morgan fingerprint density at radius 3 is 2.90 bits per heavy atom. The summed E-state index contributed by atoms with van der Waals surface area (Å²) in [6, 6.07) is 4.14. The van der Waals surface area contributed by atoms with Gasteiger partial charge in [0.15, 0.2) is 6.61 Å². The second kappa shape index (κ2) is 5.68. The molecule has 1 aliphatic rings. The van der Waals surface area contributed by atoms with E-state index in [1.807, 2.05) is 0 Å². The van der Waals surface area contributed by atoms with E-state index in [0.717, 1.165) is 0 Å². The van der Waals surface area contributed by atoms with Gasteiger partial charge in [-0.05, 0) is 19.4 Å². The van der Waals surface area contributed by atoms with Gasteiger partial charge in [0.2, 0.25) is 0 Å². The maximum Gasteiger partial charge on any atom is 0.271 e. The summed E-state index contributed by atoms with van der Waals surface area (Å²) in [4.78, 5) is 34.5. The number of hydrogen-bond acceptors (Lipinski definition) is 5. The maximum absolute atomic E-state index is 11.9. The number of ketones is 1. The first-order chi connectivity index (χ1) is 9.49. The molecule has 0 fully saturated rings. The highest BCUT2D eigenvalue weighted by molar-refractivity contribution is 5.98. The van der Waals surface area contributed by atoms with Gasteiger partial charge in [-0.3, -0.25) is 14.9 Å². The van der Waals surface area contributed by atoms with Crippen LogP contribution in [0.25, 0.3) is 0 Å². The molecule has 0 N–H and O–H groups in total. The van der Waals surface area contributed by atoms with E-state index in [4.69, 9.17) is 4.74 Å². The average Bonchev–Trinajstić information content (AvgIpc) is 2.40. The Kier molecular flexibility index (Phi) is 3.97. The summed E-state index contributed by atoms with van der Waals surface area (Å²) in [5, 5.41) is 10.8. The molecule has 2 rings (SSSR count). The normalized spacial score (nSPS) is 13.7. The molecule has 0 spiro atoms. The van der Waals surface area contributed by atoms with Gasteiger partial charge in [0.1, 0.15) is 11.5 Å².